The van der Waals surface area contributed by atoms with Gasteiger partial charge >= 0.3 is 11.9 Å². The van der Waals surface area contributed by atoms with E-state index in [1.807, 2.05) is 11.8 Å². The average molecular weight is 296 g/mol. The standard InChI is InChI=1S/C15H20O4S/c1-9-10-4-5-11(20-10)14(9)15(6-2-3-7-15)19-13(18)8-12(16)17/h4-5,9-11,14H,2-3,6-8H2,1H3,(H,16,17). The van der Waals surface area contributed by atoms with Crippen LogP contribution in [0.3, 0.4) is 0 Å². The third kappa shape index (κ3) is 2.26. The second-order valence-corrected chi connectivity index (χ2v) is 7.51. The van der Waals surface area contributed by atoms with Crippen molar-refractivity contribution in [1.82, 2.24) is 0 Å². The number of fused-ring (bicyclic) bond motifs is 2. The van der Waals surface area contributed by atoms with Crippen LogP contribution < -0.4 is 0 Å². The highest BCUT2D eigenvalue weighted by Gasteiger charge is 2.56. The van der Waals surface area contributed by atoms with Gasteiger partial charge in [0.2, 0.25) is 0 Å². The molecule has 20 heavy (non-hydrogen) atoms. The Morgan fingerprint density at radius 3 is 2.50 bits per heavy atom. The van der Waals surface area contributed by atoms with Crippen LogP contribution in [-0.4, -0.2) is 33.1 Å². The van der Waals surface area contributed by atoms with E-state index < -0.39 is 24.0 Å². The molecule has 0 aromatic carbocycles. The lowest BCUT2D eigenvalue weighted by Gasteiger charge is -2.40. The Labute approximate surface area is 122 Å². The summed E-state index contributed by atoms with van der Waals surface area (Å²) in [6.07, 6.45) is 7.86. The number of ether oxygens (including phenoxy) is 1. The number of hydrogen-bond acceptors (Lipinski definition) is 4. The van der Waals surface area contributed by atoms with Crippen molar-refractivity contribution in [1.29, 1.82) is 0 Å². The minimum atomic E-state index is -1.11. The topological polar surface area (TPSA) is 63.6 Å². The van der Waals surface area contributed by atoms with Crippen LogP contribution in [0, 0.1) is 11.8 Å². The fraction of sp³-hybridized carbons (Fsp3) is 0.733. The maximum atomic E-state index is 11.9. The molecule has 110 valence electrons. The molecule has 2 fully saturated rings. The van der Waals surface area contributed by atoms with E-state index >= 15 is 0 Å². The van der Waals surface area contributed by atoms with Gasteiger partial charge in [-0.15, -0.1) is 11.8 Å². The third-order valence-corrected chi connectivity index (χ3v) is 6.58. The van der Waals surface area contributed by atoms with Gasteiger partial charge in [-0.25, -0.2) is 0 Å². The summed E-state index contributed by atoms with van der Waals surface area (Å²) in [6, 6.07) is 0. The summed E-state index contributed by atoms with van der Waals surface area (Å²) in [7, 11) is 0. The van der Waals surface area contributed by atoms with Gasteiger partial charge in [-0.1, -0.05) is 19.1 Å². The zero-order valence-electron chi connectivity index (χ0n) is 11.6. The molecule has 0 amide bonds. The lowest BCUT2D eigenvalue weighted by atomic mass is 9.72. The van der Waals surface area contributed by atoms with Gasteiger partial charge in [0.25, 0.3) is 0 Å². The van der Waals surface area contributed by atoms with Gasteiger partial charge in [0, 0.05) is 16.4 Å². The molecule has 1 saturated carbocycles. The van der Waals surface area contributed by atoms with E-state index in [1.54, 1.807) is 0 Å². The van der Waals surface area contributed by atoms with Crippen molar-refractivity contribution in [3.8, 4) is 0 Å². The van der Waals surface area contributed by atoms with Gasteiger partial charge in [-0.3, -0.25) is 9.59 Å². The number of esters is 1. The van der Waals surface area contributed by atoms with Crippen LogP contribution in [0.15, 0.2) is 12.2 Å². The summed E-state index contributed by atoms with van der Waals surface area (Å²) >= 11 is 1.96. The van der Waals surface area contributed by atoms with E-state index in [0.29, 0.717) is 22.3 Å². The highest BCUT2D eigenvalue weighted by molar-refractivity contribution is 8.01. The van der Waals surface area contributed by atoms with Gasteiger partial charge < -0.3 is 9.84 Å². The maximum Gasteiger partial charge on any atom is 0.317 e. The number of thioether (sulfide) groups is 1. The molecule has 0 aromatic heterocycles. The Morgan fingerprint density at radius 2 is 1.95 bits per heavy atom. The number of carboxylic acids is 1. The van der Waals surface area contributed by atoms with Crippen molar-refractivity contribution in [2.24, 2.45) is 11.8 Å². The molecule has 1 aliphatic carbocycles. The van der Waals surface area contributed by atoms with Crippen molar-refractivity contribution >= 4 is 23.7 Å². The maximum absolute atomic E-state index is 11.9. The average Bonchev–Trinajstić information content (AvgIpc) is 3.03. The van der Waals surface area contributed by atoms with Gasteiger partial charge in [-0.05, 0) is 31.6 Å². The number of hydrogen-bond donors (Lipinski definition) is 1. The molecular weight excluding hydrogens is 276 g/mol. The van der Waals surface area contributed by atoms with E-state index in [4.69, 9.17) is 9.84 Å². The Hall–Kier alpha value is -0.970. The van der Waals surface area contributed by atoms with E-state index in [0.717, 1.165) is 25.7 Å². The lowest BCUT2D eigenvalue weighted by molar-refractivity contribution is -0.170. The first-order valence-electron chi connectivity index (χ1n) is 7.29. The number of rotatable bonds is 4. The number of aliphatic carboxylic acids is 1. The third-order valence-electron chi connectivity index (χ3n) is 4.91. The van der Waals surface area contributed by atoms with E-state index in [9.17, 15) is 9.59 Å². The molecule has 4 nitrogen and oxygen atoms in total. The predicted molar refractivity (Wildman–Crippen MR) is 76.5 cm³/mol. The first-order valence-corrected chi connectivity index (χ1v) is 8.23. The fourth-order valence-corrected chi connectivity index (χ4v) is 5.95. The van der Waals surface area contributed by atoms with E-state index in [1.165, 1.54) is 0 Å². The smallest absolute Gasteiger partial charge is 0.317 e. The van der Waals surface area contributed by atoms with Crippen LogP contribution in [0.4, 0.5) is 0 Å². The number of carboxylic acid groups (broad SMARTS) is 1. The minimum Gasteiger partial charge on any atom is -0.481 e. The van der Waals surface area contributed by atoms with Crippen molar-refractivity contribution in [2.45, 2.75) is 55.1 Å². The molecule has 1 saturated heterocycles. The summed E-state index contributed by atoms with van der Waals surface area (Å²) in [4.78, 5) is 22.5. The molecule has 3 rings (SSSR count). The zero-order chi connectivity index (χ0) is 14.3. The molecule has 3 aliphatic rings. The van der Waals surface area contributed by atoms with Gasteiger partial charge in [0.05, 0.1) is 0 Å². The minimum absolute atomic E-state index is 0.336. The molecule has 0 spiro atoms. The van der Waals surface area contributed by atoms with Gasteiger partial charge in [0.1, 0.15) is 12.0 Å². The summed E-state index contributed by atoms with van der Waals surface area (Å²) in [5.41, 5.74) is -0.427. The van der Waals surface area contributed by atoms with Crippen molar-refractivity contribution in [3.05, 3.63) is 12.2 Å². The molecule has 2 heterocycles. The van der Waals surface area contributed by atoms with Crippen LogP contribution in [0.5, 0.6) is 0 Å². The van der Waals surface area contributed by atoms with Crippen LogP contribution >= 0.6 is 11.8 Å². The second kappa shape index (κ2) is 5.10. The van der Waals surface area contributed by atoms with Crippen LogP contribution in [0.2, 0.25) is 0 Å². The highest BCUT2D eigenvalue weighted by Crippen LogP contribution is 2.57. The lowest BCUT2D eigenvalue weighted by Crippen LogP contribution is -2.47. The Morgan fingerprint density at radius 1 is 1.30 bits per heavy atom. The molecule has 5 heteroatoms. The second-order valence-electron chi connectivity index (χ2n) is 6.15. The van der Waals surface area contributed by atoms with Gasteiger partial charge in [0.15, 0.2) is 0 Å². The molecule has 0 radical (unpaired) electrons. The van der Waals surface area contributed by atoms with Gasteiger partial charge in [-0.2, -0.15) is 0 Å². The molecule has 0 aromatic rings. The molecular formula is C15H20O4S. The normalized spacial score (nSPS) is 37.2. The van der Waals surface area contributed by atoms with Crippen molar-refractivity contribution < 1.29 is 19.4 Å². The molecule has 1 N–H and O–H groups in total. The largest absolute Gasteiger partial charge is 0.481 e. The Kier molecular flexibility index (Phi) is 3.56. The first-order chi connectivity index (χ1) is 9.52. The SMILES string of the molecule is CC1C2C=CC(S2)C1C1(OC(=O)CC(=O)O)CCCC1. The van der Waals surface area contributed by atoms with Crippen molar-refractivity contribution in [3.63, 3.8) is 0 Å². The fourth-order valence-electron chi connectivity index (χ4n) is 4.14. The first kappa shape index (κ1) is 14.0. The predicted octanol–water partition coefficient (Wildman–Crippen LogP) is 2.62. The van der Waals surface area contributed by atoms with E-state index in [2.05, 4.69) is 19.1 Å². The Balaban J connectivity index is 1.80. The number of carbonyl (C=O) groups is 2. The summed E-state index contributed by atoms with van der Waals surface area (Å²) < 4.78 is 5.75. The molecule has 2 bridgehead atoms. The van der Waals surface area contributed by atoms with Crippen LogP contribution in [-0.2, 0) is 14.3 Å². The molecule has 4 unspecified atom stereocenters. The summed E-state index contributed by atoms with van der Waals surface area (Å²) in [6.45, 7) is 2.23. The Bertz CT molecular complexity index is 453. The number of carbonyl (C=O) groups excluding carboxylic acids is 1. The highest BCUT2D eigenvalue weighted by atomic mass is 32.2. The molecule has 2 aliphatic heterocycles. The van der Waals surface area contributed by atoms with Crippen molar-refractivity contribution in [2.75, 3.05) is 0 Å². The molecule has 4 atom stereocenters. The van der Waals surface area contributed by atoms with Crippen LogP contribution in [0.1, 0.15) is 39.0 Å². The van der Waals surface area contributed by atoms with Crippen LogP contribution in [0.25, 0.3) is 0 Å². The summed E-state index contributed by atoms with van der Waals surface area (Å²) in [5.74, 6) is -0.866. The van der Waals surface area contributed by atoms with E-state index in [-0.39, 0.29) is 0 Å². The quantitative estimate of drug-likeness (QED) is 0.491. The summed E-state index contributed by atoms with van der Waals surface area (Å²) in [5, 5.41) is 9.70. The zero-order valence-corrected chi connectivity index (χ0v) is 12.4. The monoisotopic (exact) mass is 296 g/mol.